The van der Waals surface area contributed by atoms with Crippen LogP contribution in [0.3, 0.4) is 0 Å². The summed E-state index contributed by atoms with van der Waals surface area (Å²) in [5.74, 6) is 3.61. The van der Waals surface area contributed by atoms with E-state index in [0.29, 0.717) is 16.6 Å². The van der Waals surface area contributed by atoms with Crippen molar-refractivity contribution in [1.82, 2.24) is 0 Å². The summed E-state index contributed by atoms with van der Waals surface area (Å²) in [6, 6.07) is 19.1. The molecule has 0 bridgehead atoms. The van der Waals surface area contributed by atoms with Crippen LogP contribution < -0.4 is 0 Å². The van der Waals surface area contributed by atoms with Crippen LogP contribution in [0.15, 0.2) is 54.6 Å². The molecule has 2 aromatic rings. The molecule has 24 heavy (non-hydrogen) atoms. The van der Waals surface area contributed by atoms with Crippen LogP contribution in [0.1, 0.15) is 47.1 Å². The minimum atomic E-state index is -1.70. The molecular formula is C23H30Si. The molecule has 126 valence electrons. The van der Waals surface area contributed by atoms with Crippen molar-refractivity contribution in [2.24, 2.45) is 0 Å². The van der Waals surface area contributed by atoms with Crippen LogP contribution >= 0.6 is 0 Å². The van der Waals surface area contributed by atoms with Gasteiger partial charge in [-0.1, -0.05) is 96.0 Å². The summed E-state index contributed by atoms with van der Waals surface area (Å²) in [4.78, 5) is 0. The third-order valence-electron chi connectivity index (χ3n) is 5.29. The normalized spacial score (nSPS) is 11.7. The predicted molar refractivity (Wildman–Crippen MR) is 110 cm³/mol. The molecule has 0 atom stereocenters. The van der Waals surface area contributed by atoms with Gasteiger partial charge in [0.25, 0.3) is 0 Å². The Morgan fingerprint density at radius 1 is 0.667 bits per heavy atom. The topological polar surface area (TPSA) is 0 Å². The molecule has 0 amide bonds. The first kappa shape index (κ1) is 18.6. The Labute approximate surface area is 149 Å². The molecule has 2 rings (SSSR count). The molecule has 0 spiro atoms. The van der Waals surface area contributed by atoms with E-state index in [1.807, 2.05) is 0 Å². The molecule has 1 heteroatoms. The van der Waals surface area contributed by atoms with Crippen molar-refractivity contribution in [2.45, 2.75) is 58.2 Å². The second kappa shape index (κ2) is 7.86. The highest BCUT2D eigenvalue weighted by Gasteiger charge is 2.41. The molecule has 0 fully saturated rings. The molecule has 0 heterocycles. The Kier molecular flexibility index (Phi) is 6.08. The second-order valence-electron chi connectivity index (χ2n) is 7.56. The molecule has 0 aromatic heterocycles. The van der Waals surface area contributed by atoms with E-state index in [1.54, 1.807) is 0 Å². The van der Waals surface area contributed by atoms with Gasteiger partial charge in [-0.2, -0.15) is 0 Å². The van der Waals surface area contributed by atoms with E-state index in [-0.39, 0.29) is 0 Å². The van der Waals surface area contributed by atoms with E-state index < -0.39 is 8.07 Å². The average Bonchev–Trinajstić information content (AvgIpc) is 2.55. The van der Waals surface area contributed by atoms with Gasteiger partial charge in [0.1, 0.15) is 8.07 Å². The predicted octanol–water partition coefficient (Wildman–Crippen LogP) is 6.92. The van der Waals surface area contributed by atoms with Crippen LogP contribution in [-0.4, -0.2) is 8.07 Å². The molecule has 0 aliphatic rings. The van der Waals surface area contributed by atoms with E-state index in [0.717, 1.165) is 5.56 Å². The largest absolute Gasteiger partial charge is 0.146 e. The molecule has 0 aliphatic heterocycles. The number of benzene rings is 2. The van der Waals surface area contributed by atoms with Gasteiger partial charge >= 0.3 is 0 Å². The highest BCUT2D eigenvalue weighted by atomic mass is 28.3. The summed E-state index contributed by atoms with van der Waals surface area (Å²) >= 11 is 0. The lowest BCUT2D eigenvalue weighted by Crippen LogP contribution is -2.43. The maximum atomic E-state index is 3.85. The van der Waals surface area contributed by atoms with Crippen molar-refractivity contribution in [1.29, 1.82) is 0 Å². The van der Waals surface area contributed by atoms with Crippen LogP contribution in [-0.2, 0) is 0 Å². The van der Waals surface area contributed by atoms with E-state index in [2.05, 4.69) is 108 Å². The first-order valence-corrected chi connectivity index (χ1v) is 11.3. The molecule has 0 aliphatic carbocycles. The molecule has 0 unspecified atom stereocenters. The van der Waals surface area contributed by atoms with Crippen molar-refractivity contribution in [2.75, 3.05) is 0 Å². The van der Waals surface area contributed by atoms with Crippen LogP contribution in [0.4, 0.5) is 0 Å². The monoisotopic (exact) mass is 334 g/mol. The van der Waals surface area contributed by atoms with Crippen LogP contribution in [0.25, 0.3) is 11.1 Å². The maximum Gasteiger partial charge on any atom is 0.146 e. The zero-order valence-electron chi connectivity index (χ0n) is 15.9. The quantitative estimate of drug-likeness (QED) is 0.420. The van der Waals surface area contributed by atoms with Crippen LogP contribution in [0, 0.1) is 11.5 Å². The van der Waals surface area contributed by atoms with Gasteiger partial charge in [0.2, 0.25) is 0 Å². The van der Waals surface area contributed by atoms with Crippen molar-refractivity contribution >= 4 is 8.07 Å². The SMILES string of the molecule is CC(C)[Si](C#Cc1ccccc1-c1ccccc1)(C(C)C)C(C)C. The number of hydrogen-bond acceptors (Lipinski definition) is 0. The average molecular weight is 335 g/mol. The summed E-state index contributed by atoms with van der Waals surface area (Å²) in [6.07, 6.45) is 0. The zero-order chi connectivity index (χ0) is 17.7. The molecule has 0 nitrogen and oxygen atoms in total. The standard InChI is InChI=1S/C23H30Si/c1-18(2)24(19(3)4,20(5)6)17-16-22-14-10-11-15-23(22)21-12-8-7-9-13-21/h7-15,18-20H,1-6H3. The Hall–Kier alpha value is -1.78. The third kappa shape index (κ3) is 3.65. The van der Waals surface area contributed by atoms with Gasteiger partial charge in [0.15, 0.2) is 0 Å². The lowest BCUT2D eigenvalue weighted by molar-refractivity contribution is 0.838. The summed E-state index contributed by atoms with van der Waals surface area (Å²) in [6.45, 7) is 14.2. The van der Waals surface area contributed by atoms with E-state index in [4.69, 9.17) is 0 Å². The molecule has 0 N–H and O–H groups in total. The molecular weight excluding hydrogens is 304 g/mol. The van der Waals surface area contributed by atoms with Crippen molar-refractivity contribution in [3.63, 3.8) is 0 Å². The fourth-order valence-electron chi connectivity index (χ4n) is 4.07. The molecule has 0 radical (unpaired) electrons. The van der Waals surface area contributed by atoms with Gasteiger partial charge < -0.3 is 0 Å². The minimum Gasteiger partial charge on any atom is -0.125 e. The first-order chi connectivity index (χ1) is 11.4. The van der Waals surface area contributed by atoms with E-state index in [9.17, 15) is 0 Å². The molecule has 0 saturated carbocycles. The van der Waals surface area contributed by atoms with Crippen LogP contribution in [0.2, 0.25) is 16.6 Å². The van der Waals surface area contributed by atoms with Gasteiger partial charge in [-0.05, 0) is 33.8 Å². The second-order valence-corrected chi connectivity index (χ2v) is 13.1. The molecule has 2 aromatic carbocycles. The molecule has 0 saturated heterocycles. The van der Waals surface area contributed by atoms with E-state index in [1.165, 1.54) is 11.1 Å². The third-order valence-corrected chi connectivity index (χ3v) is 11.6. The first-order valence-electron chi connectivity index (χ1n) is 9.07. The fourth-order valence-corrected chi connectivity index (χ4v) is 9.29. The smallest absolute Gasteiger partial charge is 0.125 e. The minimum absolute atomic E-state index is 0.661. The Morgan fingerprint density at radius 2 is 1.17 bits per heavy atom. The van der Waals surface area contributed by atoms with Gasteiger partial charge in [-0.3, -0.25) is 0 Å². The Morgan fingerprint density at radius 3 is 1.71 bits per heavy atom. The van der Waals surface area contributed by atoms with Gasteiger partial charge in [0.05, 0.1) is 0 Å². The summed E-state index contributed by atoms with van der Waals surface area (Å²) in [5.41, 5.74) is 9.47. The number of rotatable bonds is 4. The van der Waals surface area contributed by atoms with Crippen LogP contribution in [0.5, 0.6) is 0 Å². The zero-order valence-corrected chi connectivity index (χ0v) is 16.9. The maximum absolute atomic E-state index is 3.85. The van der Waals surface area contributed by atoms with Crippen molar-refractivity contribution < 1.29 is 0 Å². The Bertz CT molecular complexity index is 693. The highest BCUT2D eigenvalue weighted by Crippen LogP contribution is 2.40. The fraction of sp³-hybridized carbons (Fsp3) is 0.391. The summed E-state index contributed by atoms with van der Waals surface area (Å²) in [7, 11) is -1.70. The Balaban J connectivity index is 2.55. The highest BCUT2D eigenvalue weighted by molar-refractivity contribution is 6.90. The summed E-state index contributed by atoms with van der Waals surface area (Å²) in [5, 5.41) is 0. The van der Waals surface area contributed by atoms with E-state index >= 15 is 0 Å². The van der Waals surface area contributed by atoms with Gasteiger partial charge in [-0.15, -0.1) is 5.54 Å². The van der Waals surface area contributed by atoms with Gasteiger partial charge in [0, 0.05) is 5.56 Å². The van der Waals surface area contributed by atoms with Crippen molar-refractivity contribution in [3.8, 4) is 22.6 Å². The lowest BCUT2D eigenvalue weighted by atomic mass is 10.0. The van der Waals surface area contributed by atoms with Crippen molar-refractivity contribution in [3.05, 3.63) is 60.2 Å². The number of hydrogen-bond donors (Lipinski definition) is 0. The van der Waals surface area contributed by atoms with Gasteiger partial charge in [-0.25, -0.2) is 0 Å². The summed E-state index contributed by atoms with van der Waals surface area (Å²) < 4.78 is 0. The lowest BCUT2D eigenvalue weighted by Gasteiger charge is -2.38.